The molecule has 0 aliphatic carbocycles. The van der Waals surface area contributed by atoms with E-state index < -0.39 is 11.9 Å². The van der Waals surface area contributed by atoms with Gasteiger partial charge in [-0.25, -0.2) is 9.50 Å². The Labute approximate surface area is 248 Å². The molecule has 2 aromatic carbocycles. The van der Waals surface area contributed by atoms with Crippen LogP contribution in [-0.2, 0) is 0 Å². The number of carbonyl (C=O) groups excluding carboxylic acids is 1. The lowest BCUT2D eigenvalue weighted by Gasteiger charge is -2.21. The lowest BCUT2D eigenvalue weighted by molar-refractivity contribution is 0.0941. The Kier molecular flexibility index (Phi) is 7.18. The zero-order chi connectivity index (χ0) is 30.1. The zero-order valence-electron chi connectivity index (χ0n) is 23.9. The van der Waals surface area contributed by atoms with Gasteiger partial charge in [0, 0.05) is 46.8 Å². The minimum atomic E-state index is -0.584. The average Bonchev–Trinajstić information content (AvgIpc) is 3.35. The Morgan fingerprint density at radius 2 is 1.72 bits per heavy atom. The molecule has 0 spiro atoms. The maximum absolute atomic E-state index is 14.3. The fourth-order valence-electron chi connectivity index (χ4n) is 5.07. The van der Waals surface area contributed by atoms with Crippen LogP contribution in [0.3, 0.4) is 0 Å². The third kappa shape index (κ3) is 5.22. The standard InChI is InChI=1S/C34H29N7O2/c1-21(2)27-16-19-40-32(38-27)30(31(35)39-40)33(42)37-22(3)28-20-25-9-7-8-24(13-12-23-14-17-36-18-15-23)29(25)34(43)41(28)26-10-5-4-6-11-26/h4-11,14-22H,1-3H3,(H2,35,39)(H,37,42)/t22-/m0/s1. The van der Waals surface area contributed by atoms with Crippen molar-refractivity contribution in [3.05, 3.63) is 130 Å². The third-order valence-electron chi connectivity index (χ3n) is 7.26. The van der Waals surface area contributed by atoms with Crippen molar-refractivity contribution in [2.24, 2.45) is 0 Å². The second-order valence-electron chi connectivity index (χ2n) is 10.5. The van der Waals surface area contributed by atoms with Gasteiger partial charge in [0.05, 0.1) is 11.4 Å². The molecule has 0 aliphatic heterocycles. The maximum atomic E-state index is 14.3. The van der Waals surface area contributed by atoms with E-state index in [1.54, 1.807) is 23.2 Å². The summed E-state index contributed by atoms with van der Waals surface area (Å²) in [5.41, 5.74) is 10.0. The van der Waals surface area contributed by atoms with E-state index >= 15 is 0 Å². The molecular weight excluding hydrogens is 538 g/mol. The topological polar surface area (TPSA) is 120 Å². The van der Waals surface area contributed by atoms with Crippen LogP contribution >= 0.6 is 0 Å². The number of nitrogen functional groups attached to an aromatic ring is 1. The van der Waals surface area contributed by atoms with Gasteiger partial charge >= 0.3 is 0 Å². The van der Waals surface area contributed by atoms with Gasteiger partial charge in [-0.15, -0.1) is 5.10 Å². The highest BCUT2D eigenvalue weighted by Crippen LogP contribution is 2.25. The van der Waals surface area contributed by atoms with Crippen molar-refractivity contribution in [1.29, 1.82) is 0 Å². The number of hydrogen-bond acceptors (Lipinski definition) is 6. The van der Waals surface area contributed by atoms with E-state index in [1.807, 2.05) is 93.6 Å². The van der Waals surface area contributed by atoms with Crippen molar-refractivity contribution in [2.45, 2.75) is 32.7 Å². The second-order valence-corrected chi connectivity index (χ2v) is 10.5. The number of fused-ring (bicyclic) bond motifs is 2. The molecule has 4 aromatic heterocycles. The molecule has 1 atom stereocenters. The monoisotopic (exact) mass is 567 g/mol. The maximum Gasteiger partial charge on any atom is 0.264 e. The molecule has 4 heterocycles. The van der Waals surface area contributed by atoms with Gasteiger partial charge < -0.3 is 11.1 Å². The van der Waals surface area contributed by atoms with E-state index in [-0.39, 0.29) is 22.9 Å². The first-order valence-electron chi connectivity index (χ1n) is 13.9. The van der Waals surface area contributed by atoms with Crippen LogP contribution < -0.4 is 16.6 Å². The van der Waals surface area contributed by atoms with Gasteiger partial charge in [-0.05, 0) is 60.7 Å². The number of hydrogen-bond donors (Lipinski definition) is 2. The summed E-state index contributed by atoms with van der Waals surface area (Å²) in [6.45, 7) is 5.89. The largest absolute Gasteiger partial charge is 0.381 e. The van der Waals surface area contributed by atoms with Gasteiger partial charge in [-0.3, -0.25) is 19.1 Å². The highest BCUT2D eigenvalue weighted by Gasteiger charge is 2.24. The van der Waals surface area contributed by atoms with E-state index in [0.717, 1.165) is 11.3 Å². The van der Waals surface area contributed by atoms with Gasteiger partial charge in [0.15, 0.2) is 11.5 Å². The van der Waals surface area contributed by atoms with Crippen LogP contribution in [0.4, 0.5) is 5.82 Å². The lowest BCUT2D eigenvalue weighted by Crippen LogP contribution is -2.32. The summed E-state index contributed by atoms with van der Waals surface area (Å²) in [6.07, 6.45) is 5.11. The van der Waals surface area contributed by atoms with Crippen LogP contribution in [0.5, 0.6) is 0 Å². The summed E-state index contributed by atoms with van der Waals surface area (Å²) in [6, 6.07) is 21.8. The molecule has 0 saturated heterocycles. The molecule has 0 radical (unpaired) electrons. The van der Waals surface area contributed by atoms with Crippen molar-refractivity contribution < 1.29 is 4.79 Å². The highest BCUT2D eigenvalue weighted by molar-refractivity contribution is 6.04. The summed E-state index contributed by atoms with van der Waals surface area (Å²) in [7, 11) is 0. The van der Waals surface area contributed by atoms with E-state index in [0.29, 0.717) is 33.4 Å². The molecule has 0 saturated carbocycles. The molecule has 212 valence electrons. The van der Waals surface area contributed by atoms with Gasteiger partial charge in [0.25, 0.3) is 11.5 Å². The Morgan fingerprint density at radius 3 is 2.47 bits per heavy atom. The molecule has 43 heavy (non-hydrogen) atoms. The first-order chi connectivity index (χ1) is 20.8. The molecular formula is C34H29N7O2. The number of nitrogens with zero attached hydrogens (tertiary/aromatic N) is 5. The zero-order valence-corrected chi connectivity index (χ0v) is 23.9. The number of amides is 1. The number of nitrogens with two attached hydrogens (primary N) is 1. The number of rotatable bonds is 5. The molecule has 1 amide bonds. The molecule has 0 unspecified atom stereocenters. The number of aromatic nitrogens is 5. The van der Waals surface area contributed by atoms with E-state index in [2.05, 4.69) is 32.2 Å². The molecule has 9 heteroatoms. The third-order valence-corrected chi connectivity index (χ3v) is 7.26. The Hall–Kier alpha value is -5.75. The summed E-state index contributed by atoms with van der Waals surface area (Å²) in [4.78, 5) is 36.6. The number of pyridine rings is 2. The molecule has 6 rings (SSSR count). The fraction of sp³-hybridized carbons (Fsp3) is 0.147. The minimum absolute atomic E-state index is 0.0782. The number of benzene rings is 2. The first kappa shape index (κ1) is 27.4. The molecule has 0 aliphatic rings. The summed E-state index contributed by atoms with van der Waals surface area (Å²) in [5, 5.41) is 8.53. The smallest absolute Gasteiger partial charge is 0.264 e. The van der Waals surface area contributed by atoms with Gasteiger partial charge in [-0.1, -0.05) is 56.0 Å². The normalized spacial score (nSPS) is 11.8. The van der Waals surface area contributed by atoms with Crippen LogP contribution in [0.25, 0.3) is 22.1 Å². The van der Waals surface area contributed by atoms with Crippen molar-refractivity contribution in [1.82, 2.24) is 29.5 Å². The van der Waals surface area contributed by atoms with Crippen LogP contribution in [0.2, 0.25) is 0 Å². The quantitative estimate of drug-likeness (QED) is 0.282. The molecule has 0 fully saturated rings. The minimum Gasteiger partial charge on any atom is -0.381 e. The van der Waals surface area contributed by atoms with E-state index in [9.17, 15) is 9.59 Å². The number of carbonyl (C=O) groups is 1. The predicted octanol–water partition coefficient (Wildman–Crippen LogP) is 5.02. The number of nitrogens with one attached hydrogen (secondary N) is 1. The molecule has 9 nitrogen and oxygen atoms in total. The SMILES string of the molecule is CC(C)c1ccn2nc(N)c(C(=O)N[C@@H](C)c3cc4cccc(C#Cc5ccncc5)c4c(=O)n3-c3ccccc3)c2n1. The van der Waals surface area contributed by atoms with E-state index in [4.69, 9.17) is 5.73 Å². The van der Waals surface area contributed by atoms with Crippen LogP contribution in [0.1, 0.15) is 65.6 Å². The Morgan fingerprint density at radius 1 is 0.953 bits per heavy atom. The van der Waals surface area contributed by atoms with Gasteiger partial charge in [0.2, 0.25) is 0 Å². The predicted molar refractivity (Wildman–Crippen MR) is 167 cm³/mol. The Balaban J connectivity index is 1.46. The van der Waals surface area contributed by atoms with Crippen LogP contribution in [0, 0.1) is 11.8 Å². The van der Waals surface area contributed by atoms with Crippen LogP contribution in [0.15, 0.2) is 96.2 Å². The van der Waals surface area contributed by atoms with Crippen LogP contribution in [-0.4, -0.2) is 30.1 Å². The molecule has 6 aromatic rings. The van der Waals surface area contributed by atoms with Crippen molar-refractivity contribution >= 4 is 28.1 Å². The van der Waals surface area contributed by atoms with Crippen molar-refractivity contribution in [2.75, 3.05) is 5.73 Å². The highest BCUT2D eigenvalue weighted by atomic mass is 16.2. The molecule has 0 bridgehead atoms. The van der Waals surface area contributed by atoms with Gasteiger partial charge in [0.1, 0.15) is 5.56 Å². The van der Waals surface area contributed by atoms with Crippen molar-refractivity contribution in [3.63, 3.8) is 0 Å². The van der Waals surface area contributed by atoms with E-state index in [1.165, 1.54) is 4.52 Å². The molecule has 3 N–H and O–H groups in total. The number of para-hydroxylation sites is 1. The van der Waals surface area contributed by atoms with Gasteiger partial charge in [-0.2, -0.15) is 0 Å². The number of anilines is 1. The van der Waals surface area contributed by atoms with Crippen molar-refractivity contribution in [3.8, 4) is 17.5 Å². The fourth-order valence-corrected chi connectivity index (χ4v) is 5.07. The first-order valence-corrected chi connectivity index (χ1v) is 13.9. The Bertz CT molecular complexity index is 2100. The second kappa shape index (κ2) is 11.3. The summed E-state index contributed by atoms with van der Waals surface area (Å²) in [5.74, 6) is 6.10. The summed E-state index contributed by atoms with van der Waals surface area (Å²) < 4.78 is 3.13. The average molecular weight is 568 g/mol. The lowest BCUT2D eigenvalue weighted by atomic mass is 10.0. The summed E-state index contributed by atoms with van der Waals surface area (Å²) >= 11 is 0.